The first-order valence-electron chi connectivity index (χ1n) is 8.65. The second-order valence-corrected chi connectivity index (χ2v) is 5.25. The topological polar surface area (TPSA) is 26.3 Å². The third-order valence-electron chi connectivity index (χ3n) is 3.18. The van der Waals surface area contributed by atoms with Crippen LogP contribution in [-0.4, -0.2) is 13.1 Å². The van der Waals surface area contributed by atoms with Gasteiger partial charge in [0.25, 0.3) is 0 Å². The number of methoxy groups -OCH3 is 1. The Balaban J connectivity index is 3.51. The molecule has 0 amide bonds. The van der Waals surface area contributed by atoms with Crippen LogP contribution >= 0.6 is 0 Å². The highest BCUT2D eigenvalue weighted by Crippen LogP contribution is 2.00. The van der Waals surface area contributed by atoms with Gasteiger partial charge >= 0.3 is 5.97 Å². The number of unbranched alkanes of at least 4 members (excludes halogenated alkanes) is 3. The van der Waals surface area contributed by atoms with Gasteiger partial charge in [0.05, 0.1) is 7.11 Å². The van der Waals surface area contributed by atoms with E-state index in [1.165, 1.54) is 38.9 Å². The molecule has 128 valence electrons. The lowest BCUT2D eigenvalue weighted by Gasteiger charge is -1.90. The maximum absolute atomic E-state index is 10.8. The zero-order chi connectivity index (χ0) is 17.0. The molecule has 2 nitrogen and oxygen atoms in total. The second-order valence-electron chi connectivity index (χ2n) is 5.25. The fourth-order valence-corrected chi connectivity index (χ4v) is 1.85. The van der Waals surface area contributed by atoms with Crippen molar-refractivity contribution < 1.29 is 9.53 Å². The van der Waals surface area contributed by atoms with Gasteiger partial charge < -0.3 is 4.74 Å². The molecule has 0 heterocycles. The number of esters is 1. The number of hydrogen-bond acceptors (Lipinski definition) is 2. The largest absolute Gasteiger partial charge is 0.466 e. The van der Waals surface area contributed by atoms with E-state index >= 15 is 0 Å². The highest BCUT2D eigenvalue weighted by molar-refractivity contribution is 5.81. The smallest absolute Gasteiger partial charge is 0.330 e. The summed E-state index contributed by atoms with van der Waals surface area (Å²) in [5, 5.41) is 0. The lowest BCUT2D eigenvalue weighted by Crippen LogP contribution is -1.92. The van der Waals surface area contributed by atoms with E-state index in [-0.39, 0.29) is 5.97 Å². The summed E-state index contributed by atoms with van der Waals surface area (Å²) in [4.78, 5) is 10.8. The lowest BCUT2D eigenvalue weighted by atomic mass is 10.2. The molecule has 0 saturated carbocycles. The third-order valence-corrected chi connectivity index (χ3v) is 3.18. The van der Waals surface area contributed by atoms with Crippen LogP contribution in [0.25, 0.3) is 0 Å². The van der Waals surface area contributed by atoms with Gasteiger partial charge in [0, 0.05) is 6.08 Å². The molecule has 0 aliphatic carbocycles. The van der Waals surface area contributed by atoms with Crippen LogP contribution in [0.2, 0.25) is 0 Å². The SMILES string of the molecule is CCCCC/C=C\C/C=C\C/C=C\C/C=C\C/C=C/C(=O)OC. The summed E-state index contributed by atoms with van der Waals surface area (Å²) >= 11 is 0. The van der Waals surface area contributed by atoms with E-state index in [0.717, 1.165) is 25.7 Å². The molecule has 0 aliphatic rings. The molecule has 0 fully saturated rings. The molecule has 0 aromatic heterocycles. The Kier molecular flexibility index (Phi) is 16.8. The van der Waals surface area contributed by atoms with Gasteiger partial charge in [-0.2, -0.15) is 0 Å². The van der Waals surface area contributed by atoms with Crippen molar-refractivity contribution in [3.63, 3.8) is 0 Å². The molecule has 0 atom stereocenters. The summed E-state index contributed by atoms with van der Waals surface area (Å²) in [6, 6.07) is 0. The minimum Gasteiger partial charge on any atom is -0.466 e. The van der Waals surface area contributed by atoms with Crippen molar-refractivity contribution in [1.29, 1.82) is 0 Å². The Morgan fingerprint density at radius 2 is 1.22 bits per heavy atom. The lowest BCUT2D eigenvalue weighted by molar-refractivity contribution is -0.134. The second kappa shape index (κ2) is 18.2. The fourth-order valence-electron chi connectivity index (χ4n) is 1.85. The molecule has 2 heteroatoms. The average Bonchev–Trinajstić information content (AvgIpc) is 2.57. The number of allylic oxidation sites excluding steroid dienone is 9. The molecule has 0 aliphatic heterocycles. The van der Waals surface area contributed by atoms with Gasteiger partial charge in [0.2, 0.25) is 0 Å². The first-order chi connectivity index (χ1) is 11.3. The van der Waals surface area contributed by atoms with E-state index in [4.69, 9.17) is 0 Å². The van der Waals surface area contributed by atoms with Crippen molar-refractivity contribution in [2.24, 2.45) is 0 Å². The molecular weight excluding hydrogens is 284 g/mol. The molecular formula is C21H32O2. The van der Waals surface area contributed by atoms with Crippen LogP contribution in [0.3, 0.4) is 0 Å². The minimum absolute atomic E-state index is 0.305. The van der Waals surface area contributed by atoms with Crippen LogP contribution < -0.4 is 0 Å². The highest BCUT2D eigenvalue weighted by atomic mass is 16.5. The first-order valence-corrected chi connectivity index (χ1v) is 8.65. The fraction of sp³-hybridized carbons (Fsp3) is 0.476. The van der Waals surface area contributed by atoms with Gasteiger partial charge in [-0.15, -0.1) is 0 Å². The van der Waals surface area contributed by atoms with Gasteiger partial charge in [-0.25, -0.2) is 4.79 Å². The van der Waals surface area contributed by atoms with Crippen LogP contribution in [-0.2, 0) is 9.53 Å². The third kappa shape index (κ3) is 18.1. The summed E-state index contributed by atoms with van der Waals surface area (Å²) < 4.78 is 4.51. The Hall–Kier alpha value is -1.83. The predicted octanol–water partition coefficient (Wildman–Crippen LogP) is 6.08. The van der Waals surface area contributed by atoms with E-state index in [2.05, 4.69) is 54.2 Å². The normalized spacial score (nSPS) is 12.6. The van der Waals surface area contributed by atoms with Crippen molar-refractivity contribution in [2.75, 3.05) is 7.11 Å². The maximum Gasteiger partial charge on any atom is 0.330 e. The molecule has 0 spiro atoms. The van der Waals surface area contributed by atoms with E-state index in [9.17, 15) is 4.79 Å². The number of carbonyl (C=O) groups excluding carboxylic acids is 1. The zero-order valence-electron chi connectivity index (χ0n) is 14.7. The van der Waals surface area contributed by atoms with Crippen LogP contribution in [0.5, 0.6) is 0 Å². The van der Waals surface area contributed by atoms with Crippen LogP contribution in [0.15, 0.2) is 60.8 Å². The number of carbonyl (C=O) groups is 1. The van der Waals surface area contributed by atoms with Gasteiger partial charge in [-0.1, -0.05) is 74.4 Å². The summed E-state index contributed by atoms with van der Waals surface area (Å²) in [6.07, 6.45) is 29.5. The van der Waals surface area contributed by atoms with Gasteiger partial charge in [-0.3, -0.25) is 0 Å². The molecule has 0 unspecified atom stereocenters. The van der Waals surface area contributed by atoms with Crippen molar-refractivity contribution in [1.82, 2.24) is 0 Å². The van der Waals surface area contributed by atoms with E-state index in [0.29, 0.717) is 0 Å². The Bertz CT molecular complexity index is 412. The van der Waals surface area contributed by atoms with E-state index in [1.54, 1.807) is 6.08 Å². The molecule has 0 N–H and O–H groups in total. The maximum atomic E-state index is 10.8. The number of rotatable bonds is 13. The summed E-state index contributed by atoms with van der Waals surface area (Å²) in [6.45, 7) is 2.23. The molecule has 0 aromatic rings. The number of ether oxygens (including phenoxy) is 1. The molecule has 23 heavy (non-hydrogen) atoms. The highest BCUT2D eigenvalue weighted by Gasteiger charge is 1.86. The van der Waals surface area contributed by atoms with Gasteiger partial charge in [0.15, 0.2) is 0 Å². The van der Waals surface area contributed by atoms with Crippen molar-refractivity contribution >= 4 is 5.97 Å². The van der Waals surface area contributed by atoms with Crippen LogP contribution in [0.4, 0.5) is 0 Å². The standard InChI is InChI=1S/C21H32O2/c1-3-4-5-6-7-8-9-10-11-12-13-14-15-16-17-18-19-20-21(22)23-2/h7-8,10-11,13-14,16-17,19-20H,3-6,9,12,15,18H2,1-2H3/b8-7-,11-10-,14-13-,17-16-,20-19+. The quantitative estimate of drug-likeness (QED) is 0.178. The Labute approximate surface area is 142 Å². The molecule has 0 radical (unpaired) electrons. The summed E-state index contributed by atoms with van der Waals surface area (Å²) in [5.41, 5.74) is 0. The molecule has 0 saturated heterocycles. The Morgan fingerprint density at radius 1 is 0.739 bits per heavy atom. The minimum atomic E-state index is -0.305. The zero-order valence-corrected chi connectivity index (χ0v) is 14.7. The van der Waals surface area contributed by atoms with Crippen LogP contribution in [0.1, 0.15) is 58.3 Å². The molecule has 0 rings (SSSR count). The van der Waals surface area contributed by atoms with Crippen LogP contribution in [0, 0.1) is 0 Å². The summed E-state index contributed by atoms with van der Waals surface area (Å²) in [7, 11) is 1.38. The van der Waals surface area contributed by atoms with E-state index in [1.807, 2.05) is 6.08 Å². The van der Waals surface area contributed by atoms with Gasteiger partial charge in [0.1, 0.15) is 0 Å². The number of hydrogen-bond donors (Lipinski definition) is 0. The monoisotopic (exact) mass is 316 g/mol. The van der Waals surface area contributed by atoms with E-state index < -0.39 is 0 Å². The summed E-state index contributed by atoms with van der Waals surface area (Å²) in [5.74, 6) is -0.305. The van der Waals surface area contributed by atoms with Crippen molar-refractivity contribution in [2.45, 2.75) is 58.3 Å². The average molecular weight is 316 g/mol. The van der Waals surface area contributed by atoms with Gasteiger partial charge in [-0.05, 0) is 38.5 Å². The predicted molar refractivity (Wildman–Crippen MR) is 100 cm³/mol. The van der Waals surface area contributed by atoms with Crippen molar-refractivity contribution in [3.05, 3.63) is 60.8 Å². The molecule has 0 aromatic carbocycles. The first kappa shape index (κ1) is 21.2. The molecule has 0 bridgehead atoms. The van der Waals surface area contributed by atoms with Crippen molar-refractivity contribution in [3.8, 4) is 0 Å². The Morgan fingerprint density at radius 3 is 1.70 bits per heavy atom.